The first-order chi connectivity index (χ1) is 13.2. The van der Waals surface area contributed by atoms with Crippen LogP contribution in [-0.4, -0.2) is 30.3 Å². The first-order valence-corrected chi connectivity index (χ1v) is 9.24. The number of carbonyl (C=O) groups excluding carboxylic acids is 1. The molecule has 0 fully saturated rings. The Kier molecular flexibility index (Phi) is 6.51. The van der Waals surface area contributed by atoms with Crippen LogP contribution in [0, 0.1) is 0 Å². The standard InChI is InChI=1S/C20H21N3O3S/c1-25-17-8-7-16(19(11-17)26-2)13-22-27-20-6-4-3-5-18(20)23-14-15(9-10-24)12-21-23/h3-8,10-12,14,22H,9,13H2,1-2H3. The summed E-state index contributed by atoms with van der Waals surface area (Å²) in [7, 11) is 3.28. The average molecular weight is 383 g/mol. The Balaban J connectivity index is 1.71. The second-order valence-electron chi connectivity index (χ2n) is 5.73. The van der Waals surface area contributed by atoms with E-state index in [1.165, 1.54) is 11.9 Å². The molecule has 0 amide bonds. The highest BCUT2D eigenvalue weighted by atomic mass is 32.2. The average Bonchev–Trinajstić information content (AvgIpc) is 3.17. The minimum atomic E-state index is 0.366. The van der Waals surface area contributed by atoms with E-state index in [1.54, 1.807) is 25.1 Å². The minimum absolute atomic E-state index is 0.366. The number of aromatic nitrogens is 2. The summed E-state index contributed by atoms with van der Waals surface area (Å²) in [6, 6.07) is 13.7. The van der Waals surface area contributed by atoms with Gasteiger partial charge in [0.2, 0.25) is 0 Å². The van der Waals surface area contributed by atoms with Gasteiger partial charge in [-0.25, -0.2) is 4.68 Å². The van der Waals surface area contributed by atoms with Gasteiger partial charge in [-0.15, -0.1) is 0 Å². The zero-order valence-electron chi connectivity index (χ0n) is 15.2. The highest BCUT2D eigenvalue weighted by Gasteiger charge is 2.09. The lowest BCUT2D eigenvalue weighted by Gasteiger charge is -2.12. The second kappa shape index (κ2) is 9.25. The highest BCUT2D eigenvalue weighted by molar-refractivity contribution is 7.97. The first-order valence-electron chi connectivity index (χ1n) is 8.42. The Hall–Kier alpha value is -2.77. The monoisotopic (exact) mass is 383 g/mol. The van der Waals surface area contributed by atoms with Gasteiger partial charge in [0.1, 0.15) is 17.8 Å². The maximum Gasteiger partial charge on any atom is 0.127 e. The summed E-state index contributed by atoms with van der Waals surface area (Å²) in [6.45, 7) is 0.627. The third-order valence-corrected chi connectivity index (χ3v) is 4.86. The van der Waals surface area contributed by atoms with E-state index in [0.29, 0.717) is 13.0 Å². The number of hydrogen-bond acceptors (Lipinski definition) is 6. The number of methoxy groups -OCH3 is 2. The van der Waals surface area contributed by atoms with Gasteiger partial charge in [0.15, 0.2) is 0 Å². The molecule has 0 unspecified atom stereocenters. The van der Waals surface area contributed by atoms with E-state index in [-0.39, 0.29) is 0 Å². The fourth-order valence-electron chi connectivity index (χ4n) is 2.62. The third-order valence-electron chi connectivity index (χ3n) is 4.01. The molecule has 140 valence electrons. The summed E-state index contributed by atoms with van der Waals surface area (Å²) < 4.78 is 15.8. The third kappa shape index (κ3) is 4.69. The Morgan fingerprint density at radius 2 is 2.04 bits per heavy atom. The van der Waals surface area contributed by atoms with Gasteiger partial charge in [0.05, 0.1) is 26.1 Å². The molecule has 0 aliphatic heterocycles. The lowest BCUT2D eigenvalue weighted by atomic mass is 10.2. The Labute approximate surface area is 162 Å². The predicted molar refractivity (Wildman–Crippen MR) is 106 cm³/mol. The summed E-state index contributed by atoms with van der Waals surface area (Å²) in [5.41, 5.74) is 2.88. The summed E-state index contributed by atoms with van der Waals surface area (Å²) >= 11 is 1.52. The van der Waals surface area contributed by atoms with E-state index in [0.717, 1.165) is 39.5 Å². The van der Waals surface area contributed by atoms with Crippen LogP contribution in [0.2, 0.25) is 0 Å². The molecule has 0 aliphatic carbocycles. The van der Waals surface area contributed by atoms with Gasteiger partial charge in [0, 0.05) is 35.7 Å². The first kappa shape index (κ1) is 19.0. The highest BCUT2D eigenvalue weighted by Crippen LogP contribution is 2.27. The molecule has 3 aromatic rings. The van der Waals surface area contributed by atoms with Gasteiger partial charge in [-0.05, 0) is 35.7 Å². The molecule has 6 nitrogen and oxygen atoms in total. The van der Waals surface area contributed by atoms with Crippen molar-refractivity contribution in [1.82, 2.24) is 14.5 Å². The summed E-state index contributed by atoms with van der Waals surface area (Å²) in [6.07, 6.45) is 4.84. The lowest BCUT2D eigenvalue weighted by molar-refractivity contribution is -0.107. The molecule has 0 atom stereocenters. The number of hydrogen-bond donors (Lipinski definition) is 1. The van der Waals surface area contributed by atoms with Crippen molar-refractivity contribution < 1.29 is 14.3 Å². The van der Waals surface area contributed by atoms with Crippen LogP contribution in [0.25, 0.3) is 5.69 Å². The van der Waals surface area contributed by atoms with Crippen LogP contribution in [0.1, 0.15) is 11.1 Å². The summed E-state index contributed by atoms with van der Waals surface area (Å²) in [4.78, 5) is 11.7. The van der Waals surface area contributed by atoms with Crippen LogP contribution in [0.3, 0.4) is 0 Å². The van der Waals surface area contributed by atoms with Crippen molar-refractivity contribution in [2.75, 3.05) is 14.2 Å². The summed E-state index contributed by atoms with van der Waals surface area (Å²) in [5, 5.41) is 4.36. The van der Waals surface area contributed by atoms with Gasteiger partial charge in [-0.3, -0.25) is 4.72 Å². The molecule has 7 heteroatoms. The lowest BCUT2D eigenvalue weighted by Crippen LogP contribution is -2.06. The van der Waals surface area contributed by atoms with Crippen molar-refractivity contribution in [3.63, 3.8) is 0 Å². The molecular weight excluding hydrogens is 362 g/mol. The fraction of sp³-hybridized carbons (Fsp3) is 0.200. The van der Waals surface area contributed by atoms with Crippen LogP contribution in [0.4, 0.5) is 0 Å². The molecule has 0 saturated carbocycles. The van der Waals surface area contributed by atoms with Crippen LogP contribution >= 0.6 is 11.9 Å². The van der Waals surface area contributed by atoms with Crippen molar-refractivity contribution in [2.45, 2.75) is 17.9 Å². The van der Waals surface area contributed by atoms with E-state index < -0.39 is 0 Å². The zero-order valence-corrected chi connectivity index (χ0v) is 16.0. The van der Waals surface area contributed by atoms with Crippen molar-refractivity contribution >= 4 is 18.2 Å². The van der Waals surface area contributed by atoms with Crippen molar-refractivity contribution in [1.29, 1.82) is 0 Å². The molecule has 1 aromatic heterocycles. The Morgan fingerprint density at radius 3 is 2.81 bits per heavy atom. The van der Waals surface area contributed by atoms with Gasteiger partial charge in [-0.2, -0.15) is 5.10 Å². The van der Waals surface area contributed by atoms with E-state index in [9.17, 15) is 4.79 Å². The molecule has 27 heavy (non-hydrogen) atoms. The number of nitrogens with one attached hydrogen (secondary N) is 1. The van der Waals surface area contributed by atoms with Gasteiger partial charge >= 0.3 is 0 Å². The van der Waals surface area contributed by atoms with Crippen LogP contribution < -0.4 is 14.2 Å². The Bertz CT molecular complexity index is 911. The second-order valence-corrected chi connectivity index (χ2v) is 6.67. The fourth-order valence-corrected chi connectivity index (χ4v) is 3.41. The van der Waals surface area contributed by atoms with Crippen LogP contribution in [0.5, 0.6) is 11.5 Å². The molecule has 0 bridgehead atoms. The SMILES string of the molecule is COc1ccc(CNSc2ccccc2-n2cc(CC=O)cn2)c(OC)c1. The molecule has 2 aromatic carbocycles. The number of nitrogens with zero attached hydrogens (tertiary/aromatic N) is 2. The largest absolute Gasteiger partial charge is 0.497 e. The topological polar surface area (TPSA) is 65.4 Å². The van der Waals surface area contributed by atoms with E-state index in [4.69, 9.17) is 9.47 Å². The van der Waals surface area contributed by atoms with Crippen LogP contribution in [0.15, 0.2) is 59.8 Å². The maximum atomic E-state index is 10.7. The number of para-hydroxylation sites is 1. The van der Waals surface area contributed by atoms with Gasteiger partial charge in [-0.1, -0.05) is 18.2 Å². The molecule has 1 heterocycles. The number of aldehydes is 1. The van der Waals surface area contributed by atoms with Crippen molar-refractivity contribution in [2.24, 2.45) is 0 Å². The van der Waals surface area contributed by atoms with Gasteiger partial charge in [0.25, 0.3) is 0 Å². The zero-order chi connectivity index (χ0) is 19.1. The molecule has 0 spiro atoms. The number of ether oxygens (including phenoxy) is 2. The predicted octanol–water partition coefficient (Wildman–Crippen LogP) is 3.43. The van der Waals surface area contributed by atoms with Gasteiger partial charge < -0.3 is 14.3 Å². The molecular formula is C20H21N3O3S. The van der Waals surface area contributed by atoms with Crippen molar-refractivity contribution in [3.8, 4) is 17.2 Å². The normalized spacial score (nSPS) is 10.6. The molecule has 0 aliphatic rings. The number of rotatable bonds is 9. The minimum Gasteiger partial charge on any atom is -0.497 e. The number of carbonyl (C=O) groups is 1. The molecule has 0 radical (unpaired) electrons. The van der Waals surface area contributed by atoms with E-state index in [1.807, 2.05) is 48.7 Å². The van der Waals surface area contributed by atoms with Crippen LogP contribution in [-0.2, 0) is 17.8 Å². The molecule has 0 saturated heterocycles. The molecule has 1 N–H and O–H groups in total. The van der Waals surface area contributed by atoms with Crippen molar-refractivity contribution in [3.05, 3.63) is 66.0 Å². The maximum absolute atomic E-state index is 10.7. The van der Waals surface area contributed by atoms with E-state index in [2.05, 4.69) is 9.82 Å². The summed E-state index contributed by atoms with van der Waals surface area (Å²) in [5.74, 6) is 1.54. The quantitative estimate of drug-likeness (QED) is 0.451. The smallest absolute Gasteiger partial charge is 0.127 e. The van der Waals surface area contributed by atoms with E-state index >= 15 is 0 Å². The Morgan fingerprint density at radius 1 is 1.19 bits per heavy atom. The number of benzene rings is 2. The molecule has 3 rings (SSSR count).